The van der Waals surface area contributed by atoms with Crippen LogP contribution in [0.2, 0.25) is 15.1 Å². The highest BCUT2D eigenvalue weighted by Gasteiger charge is 2.12. The Morgan fingerprint density at radius 3 is 2.38 bits per heavy atom. The molecule has 0 unspecified atom stereocenters. The van der Waals surface area contributed by atoms with Crippen LogP contribution in [-0.4, -0.2) is 4.98 Å². The normalized spacial score (nSPS) is 10.5. The van der Waals surface area contributed by atoms with E-state index in [2.05, 4.69) is 4.98 Å². The monoisotopic (exact) mass is 275 g/mol. The lowest BCUT2D eigenvalue weighted by Gasteiger charge is -2.08. The van der Waals surface area contributed by atoms with Gasteiger partial charge < -0.3 is 0 Å². The van der Waals surface area contributed by atoms with Crippen molar-refractivity contribution in [3.63, 3.8) is 0 Å². The molecule has 1 aromatic carbocycles. The van der Waals surface area contributed by atoms with E-state index in [1.807, 2.05) is 0 Å². The first-order chi connectivity index (χ1) is 7.59. The van der Waals surface area contributed by atoms with Gasteiger partial charge >= 0.3 is 0 Å². The third-order valence-corrected chi connectivity index (χ3v) is 3.16. The van der Waals surface area contributed by atoms with Gasteiger partial charge in [-0.25, -0.2) is 4.39 Å². The minimum atomic E-state index is -0.454. The van der Waals surface area contributed by atoms with Gasteiger partial charge in [0.2, 0.25) is 0 Å². The summed E-state index contributed by atoms with van der Waals surface area (Å²) in [5.74, 6) is -0.454. The van der Waals surface area contributed by atoms with Gasteiger partial charge in [-0.1, -0.05) is 34.8 Å². The van der Waals surface area contributed by atoms with Crippen molar-refractivity contribution in [1.29, 1.82) is 0 Å². The molecule has 0 aliphatic heterocycles. The van der Waals surface area contributed by atoms with E-state index in [4.69, 9.17) is 34.8 Å². The van der Waals surface area contributed by atoms with Gasteiger partial charge in [-0.3, -0.25) is 4.98 Å². The van der Waals surface area contributed by atoms with Crippen LogP contribution in [0.5, 0.6) is 0 Å². The van der Waals surface area contributed by atoms with Crippen molar-refractivity contribution in [1.82, 2.24) is 4.98 Å². The zero-order valence-corrected chi connectivity index (χ0v) is 10.1. The van der Waals surface area contributed by atoms with Crippen molar-refractivity contribution in [2.75, 3.05) is 0 Å². The van der Waals surface area contributed by atoms with Crippen LogP contribution in [0.25, 0.3) is 11.1 Å². The van der Waals surface area contributed by atoms with Crippen LogP contribution in [-0.2, 0) is 0 Å². The number of rotatable bonds is 1. The fourth-order valence-electron chi connectivity index (χ4n) is 1.34. The van der Waals surface area contributed by atoms with Gasteiger partial charge in [0.05, 0.1) is 21.3 Å². The van der Waals surface area contributed by atoms with Crippen LogP contribution in [0.3, 0.4) is 0 Å². The fourth-order valence-corrected chi connectivity index (χ4v) is 2.09. The number of aromatic nitrogens is 1. The minimum Gasteiger partial charge on any atom is -0.261 e. The second-order valence-electron chi connectivity index (χ2n) is 3.11. The average Bonchev–Trinajstić information content (AvgIpc) is 2.24. The van der Waals surface area contributed by atoms with E-state index >= 15 is 0 Å². The largest absolute Gasteiger partial charge is 0.261 e. The summed E-state index contributed by atoms with van der Waals surface area (Å²) in [4.78, 5) is 3.74. The van der Waals surface area contributed by atoms with E-state index in [-0.39, 0.29) is 0 Å². The Labute approximate surface area is 107 Å². The lowest BCUT2D eigenvalue weighted by molar-refractivity contribution is 0.622. The topological polar surface area (TPSA) is 12.9 Å². The third kappa shape index (κ3) is 2.14. The molecule has 0 spiro atoms. The zero-order valence-electron chi connectivity index (χ0n) is 7.85. The summed E-state index contributed by atoms with van der Waals surface area (Å²) >= 11 is 17.9. The molecule has 1 heterocycles. The maximum absolute atomic E-state index is 13.0. The SMILES string of the molecule is Fc1cncc(-c2c(Cl)ccc(Cl)c2Cl)c1. The van der Waals surface area contributed by atoms with Gasteiger partial charge in [0.25, 0.3) is 0 Å². The van der Waals surface area contributed by atoms with Gasteiger partial charge in [0, 0.05) is 17.3 Å². The highest BCUT2D eigenvalue weighted by molar-refractivity contribution is 6.46. The number of benzene rings is 1. The molecule has 0 atom stereocenters. The summed E-state index contributed by atoms with van der Waals surface area (Å²) in [7, 11) is 0. The molecular formula is C11H5Cl3FN. The number of nitrogens with zero attached hydrogens (tertiary/aromatic N) is 1. The summed E-state index contributed by atoms with van der Waals surface area (Å²) in [5.41, 5.74) is 0.986. The standard InChI is InChI=1S/C11H5Cl3FN/c12-8-1-2-9(13)11(14)10(8)6-3-7(15)5-16-4-6/h1-5H. The molecule has 2 aromatic rings. The number of pyridine rings is 1. The second-order valence-corrected chi connectivity index (χ2v) is 4.30. The Bertz CT molecular complexity index is 543. The van der Waals surface area contributed by atoms with E-state index in [9.17, 15) is 4.39 Å². The van der Waals surface area contributed by atoms with E-state index in [1.54, 1.807) is 12.1 Å². The number of halogens is 4. The molecule has 1 aromatic heterocycles. The molecule has 0 radical (unpaired) electrons. The lowest BCUT2D eigenvalue weighted by Crippen LogP contribution is -1.86. The summed E-state index contributed by atoms with van der Waals surface area (Å²) < 4.78 is 13.0. The molecule has 0 aliphatic rings. The third-order valence-electron chi connectivity index (χ3n) is 2.04. The molecule has 5 heteroatoms. The predicted molar refractivity (Wildman–Crippen MR) is 64.7 cm³/mol. The molecule has 16 heavy (non-hydrogen) atoms. The molecule has 0 saturated heterocycles. The predicted octanol–water partition coefficient (Wildman–Crippen LogP) is 4.85. The summed E-state index contributed by atoms with van der Waals surface area (Å²) in [6, 6.07) is 4.49. The Morgan fingerprint density at radius 1 is 1.00 bits per heavy atom. The molecule has 0 amide bonds. The van der Waals surface area contributed by atoms with Crippen LogP contribution in [0.4, 0.5) is 4.39 Å². The van der Waals surface area contributed by atoms with Crippen LogP contribution in [0.15, 0.2) is 30.6 Å². The summed E-state index contributed by atoms with van der Waals surface area (Å²) in [6.07, 6.45) is 2.59. The Kier molecular flexibility index (Phi) is 3.33. The Morgan fingerprint density at radius 2 is 1.69 bits per heavy atom. The van der Waals surface area contributed by atoms with Gasteiger partial charge in [0.15, 0.2) is 0 Å². The first kappa shape index (κ1) is 11.6. The first-order valence-corrected chi connectivity index (χ1v) is 5.47. The molecule has 0 fully saturated rings. The molecule has 0 aliphatic carbocycles. The molecule has 82 valence electrons. The smallest absolute Gasteiger partial charge is 0.142 e. The lowest BCUT2D eigenvalue weighted by atomic mass is 10.1. The van der Waals surface area contributed by atoms with Gasteiger partial charge in [0.1, 0.15) is 5.82 Å². The van der Waals surface area contributed by atoms with E-state index < -0.39 is 5.82 Å². The van der Waals surface area contributed by atoms with E-state index in [0.29, 0.717) is 26.2 Å². The van der Waals surface area contributed by atoms with Gasteiger partial charge in [-0.05, 0) is 18.2 Å². The van der Waals surface area contributed by atoms with Crippen LogP contribution < -0.4 is 0 Å². The molecule has 1 nitrogen and oxygen atoms in total. The Balaban J connectivity index is 2.68. The molecule has 2 rings (SSSR count). The molecular weight excluding hydrogens is 271 g/mol. The van der Waals surface area contributed by atoms with Crippen LogP contribution in [0.1, 0.15) is 0 Å². The van der Waals surface area contributed by atoms with Gasteiger partial charge in [-0.15, -0.1) is 0 Å². The zero-order chi connectivity index (χ0) is 11.7. The molecule has 0 saturated carbocycles. The van der Waals surface area contributed by atoms with E-state index in [0.717, 1.165) is 6.20 Å². The highest BCUT2D eigenvalue weighted by Crippen LogP contribution is 2.38. The number of hydrogen-bond donors (Lipinski definition) is 0. The van der Waals surface area contributed by atoms with E-state index in [1.165, 1.54) is 12.3 Å². The van der Waals surface area contributed by atoms with Crippen molar-refractivity contribution in [2.45, 2.75) is 0 Å². The maximum Gasteiger partial charge on any atom is 0.142 e. The molecule has 0 N–H and O–H groups in total. The van der Waals surface area contributed by atoms with Crippen LogP contribution >= 0.6 is 34.8 Å². The molecule has 0 bridgehead atoms. The van der Waals surface area contributed by atoms with Crippen LogP contribution in [0, 0.1) is 5.82 Å². The van der Waals surface area contributed by atoms with Crippen molar-refractivity contribution < 1.29 is 4.39 Å². The first-order valence-electron chi connectivity index (χ1n) is 4.34. The quantitative estimate of drug-likeness (QED) is 0.679. The number of hydrogen-bond acceptors (Lipinski definition) is 1. The summed E-state index contributed by atoms with van der Waals surface area (Å²) in [5, 5.41) is 1.06. The average molecular weight is 277 g/mol. The Hall–Kier alpha value is -0.830. The highest BCUT2D eigenvalue weighted by atomic mass is 35.5. The summed E-state index contributed by atoms with van der Waals surface area (Å²) in [6.45, 7) is 0. The van der Waals surface area contributed by atoms with Crippen molar-refractivity contribution in [3.05, 3.63) is 51.5 Å². The maximum atomic E-state index is 13.0. The minimum absolute atomic E-state index is 0.293. The van der Waals surface area contributed by atoms with Crippen molar-refractivity contribution in [2.24, 2.45) is 0 Å². The van der Waals surface area contributed by atoms with Crippen molar-refractivity contribution in [3.8, 4) is 11.1 Å². The van der Waals surface area contributed by atoms with Crippen molar-refractivity contribution >= 4 is 34.8 Å². The van der Waals surface area contributed by atoms with Gasteiger partial charge in [-0.2, -0.15) is 0 Å². The fraction of sp³-hybridized carbons (Fsp3) is 0. The second kappa shape index (κ2) is 4.58.